The predicted molar refractivity (Wildman–Crippen MR) is 68.9 cm³/mol. The number of carbonyl (C=O) groups excluding carboxylic acids is 1. The number of benzene rings is 1. The number of hydrogen-bond donors (Lipinski definition) is 0. The molecule has 1 aromatic rings. The van der Waals surface area contributed by atoms with Crippen molar-refractivity contribution in [2.45, 2.75) is 0 Å². The van der Waals surface area contributed by atoms with Gasteiger partial charge in [0.2, 0.25) is 0 Å². The van der Waals surface area contributed by atoms with Gasteiger partial charge in [0.25, 0.3) is 5.69 Å². The van der Waals surface area contributed by atoms with E-state index in [0.29, 0.717) is 5.69 Å². The second-order valence-corrected chi connectivity index (χ2v) is 3.78. The lowest BCUT2D eigenvalue weighted by Crippen LogP contribution is -2.13. The molecule has 0 aliphatic carbocycles. The summed E-state index contributed by atoms with van der Waals surface area (Å²) >= 11 is 0. The van der Waals surface area contributed by atoms with Crippen LogP contribution in [0.3, 0.4) is 0 Å². The highest BCUT2D eigenvalue weighted by atomic mass is 16.6. The molecule has 0 saturated heterocycles. The highest BCUT2D eigenvalue weighted by molar-refractivity contribution is 5.97. The van der Waals surface area contributed by atoms with Crippen LogP contribution < -0.4 is 4.90 Å². The Morgan fingerprint density at radius 1 is 1.50 bits per heavy atom. The van der Waals surface area contributed by atoms with Gasteiger partial charge in [-0.15, -0.1) is 0 Å². The molecule has 0 aliphatic rings. The first-order valence-corrected chi connectivity index (χ1v) is 5.12. The lowest BCUT2D eigenvalue weighted by molar-refractivity contribution is -0.385. The lowest BCUT2D eigenvalue weighted by atomic mass is 10.1. The summed E-state index contributed by atoms with van der Waals surface area (Å²) in [6, 6.07) is 3.02. The van der Waals surface area contributed by atoms with Gasteiger partial charge in [0, 0.05) is 19.8 Å². The minimum Gasteiger partial charge on any atom is -0.465 e. The van der Waals surface area contributed by atoms with Crippen molar-refractivity contribution in [2.24, 2.45) is 0 Å². The van der Waals surface area contributed by atoms with Crippen LogP contribution in [-0.2, 0) is 4.74 Å². The zero-order chi connectivity index (χ0) is 13.9. The van der Waals surface area contributed by atoms with Crippen molar-refractivity contribution in [1.82, 2.24) is 0 Å². The van der Waals surface area contributed by atoms with Gasteiger partial charge in [-0.05, 0) is 12.1 Å². The summed E-state index contributed by atoms with van der Waals surface area (Å²) in [7, 11) is 4.73. The molecule has 6 nitrogen and oxygen atoms in total. The van der Waals surface area contributed by atoms with E-state index in [1.807, 2.05) is 0 Å². The highest BCUT2D eigenvalue weighted by Gasteiger charge is 2.25. The molecule has 0 spiro atoms. The number of carbonyl (C=O) groups is 1. The fraction of sp³-hybridized carbons (Fsp3) is 0.250. The molecule has 1 aromatic carbocycles. The minimum atomic E-state index is -0.742. The van der Waals surface area contributed by atoms with Crippen LogP contribution in [0.15, 0.2) is 18.7 Å². The maximum Gasteiger partial charge on any atom is 0.344 e. The number of nitrogens with zero attached hydrogens (tertiary/aromatic N) is 2. The number of nitro benzene ring substituents is 1. The fourth-order valence-electron chi connectivity index (χ4n) is 1.52. The third kappa shape index (κ3) is 2.48. The van der Waals surface area contributed by atoms with Crippen LogP contribution in [0.5, 0.6) is 0 Å². The van der Waals surface area contributed by atoms with Crippen molar-refractivity contribution in [3.8, 4) is 0 Å². The van der Waals surface area contributed by atoms with Crippen LogP contribution in [0.1, 0.15) is 15.9 Å². The fourth-order valence-corrected chi connectivity index (χ4v) is 1.52. The standard InChI is InChI=1S/C12H14N2O4/c1-5-8-6-9(13(2)3)7-10(12(15)18-4)11(8)14(16)17/h5-7H,1H2,2-4H3. The van der Waals surface area contributed by atoms with Crippen molar-refractivity contribution >= 4 is 23.4 Å². The van der Waals surface area contributed by atoms with Gasteiger partial charge >= 0.3 is 5.97 Å². The Hall–Kier alpha value is -2.37. The SMILES string of the molecule is C=Cc1cc(N(C)C)cc(C(=O)OC)c1[N+](=O)[O-]. The molecule has 96 valence electrons. The summed E-state index contributed by atoms with van der Waals surface area (Å²) in [5.74, 6) is -0.742. The number of anilines is 1. The van der Waals surface area contributed by atoms with E-state index < -0.39 is 10.9 Å². The van der Waals surface area contributed by atoms with Crippen LogP contribution in [0.25, 0.3) is 6.08 Å². The topological polar surface area (TPSA) is 72.7 Å². The molecular weight excluding hydrogens is 236 g/mol. The Morgan fingerprint density at radius 3 is 2.50 bits per heavy atom. The van der Waals surface area contributed by atoms with Crippen LogP contribution in [0, 0.1) is 10.1 Å². The Labute approximate surface area is 105 Å². The van der Waals surface area contributed by atoms with E-state index in [0.717, 1.165) is 0 Å². The van der Waals surface area contributed by atoms with Crippen molar-refractivity contribution in [3.63, 3.8) is 0 Å². The lowest BCUT2D eigenvalue weighted by Gasteiger charge is -2.15. The summed E-state index contributed by atoms with van der Waals surface area (Å²) in [4.78, 5) is 23.8. The molecule has 18 heavy (non-hydrogen) atoms. The molecule has 0 saturated carbocycles. The number of rotatable bonds is 4. The number of ether oxygens (including phenoxy) is 1. The smallest absolute Gasteiger partial charge is 0.344 e. The van der Waals surface area contributed by atoms with Crippen molar-refractivity contribution in [3.05, 3.63) is 40.0 Å². The first-order chi connectivity index (χ1) is 8.42. The molecule has 6 heteroatoms. The average molecular weight is 250 g/mol. The van der Waals surface area contributed by atoms with Crippen molar-refractivity contribution in [1.29, 1.82) is 0 Å². The summed E-state index contributed by atoms with van der Waals surface area (Å²) in [6.07, 6.45) is 1.34. The van der Waals surface area contributed by atoms with Crippen molar-refractivity contribution < 1.29 is 14.5 Å². The first kappa shape index (κ1) is 13.7. The van der Waals surface area contributed by atoms with E-state index >= 15 is 0 Å². The van der Waals surface area contributed by atoms with Crippen molar-refractivity contribution in [2.75, 3.05) is 26.1 Å². The molecule has 0 radical (unpaired) electrons. The molecule has 0 fully saturated rings. The summed E-state index contributed by atoms with van der Waals surface area (Å²) in [5, 5.41) is 11.0. The molecule has 0 bridgehead atoms. The van der Waals surface area contributed by atoms with E-state index in [9.17, 15) is 14.9 Å². The van der Waals surface area contributed by atoms with Crippen LogP contribution in [-0.4, -0.2) is 32.1 Å². The zero-order valence-corrected chi connectivity index (χ0v) is 10.5. The zero-order valence-electron chi connectivity index (χ0n) is 10.5. The van der Waals surface area contributed by atoms with E-state index in [-0.39, 0.29) is 16.8 Å². The Kier molecular flexibility index (Phi) is 4.04. The molecule has 0 N–H and O–H groups in total. The van der Waals surface area contributed by atoms with Gasteiger partial charge in [-0.1, -0.05) is 12.7 Å². The van der Waals surface area contributed by atoms with Gasteiger partial charge in [-0.3, -0.25) is 10.1 Å². The van der Waals surface area contributed by atoms with Crippen LogP contribution >= 0.6 is 0 Å². The van der Waals surface area contributed by atoms with Crippen LogP contribution in [0.2, 0.25) is 0 Å². The normalized spacial score (nSPS) is 9.72. The predicted octanol–water partition coefficient (Wildman–Crippen LogP) is 2.09. The minimum absolute atomic E-state index is 0.0800. The van der Waals surface area contributed by atoms with E-state index in [1.165, 1.54) is 19.3 Å². The number of methoxy groups -OCH3 is 1. The molecule has 0 atom stereocenters. The van der Waals surface area contributed by atoms with Gasteiger partial charge in [0.1, 0.15) is 5.56 Å². The Morgan fingerprint density at radius 2 is 2.11 bits per heavy atom. The molecule has 0 unspecified atom stereocenters. The van der Waals surface area contributed by atoms with Gasteiger partial charge in [-0.2, -0.15) is 0 Å². The molecule has 1 rings (SSSR count). The summed E-state index contributed by atoms with van der Waals surface area (Å²) in [6.45, 7) is 3.53. The molecular formula is C12H14N2O4. The largest absolute Gasteiger partial charge is 0.465 e. The van der Waals surface area contributed by atoms with E-state index in [2.05, 4.69) is 11.3 Å². The second-order valence-electron chi connectivity index (χ2n) is 3.78. The highest BCUT2D eigenvalue weighted by Crippen LogP contribution is 2.30. The number of hydrogen-bond acceptors (Lipinski definition) is 5. The van der Waals surface area contributed by atoms with E-state index in [4.69, 9.17) is 0 Å². The molecule has 0 amide bonds. The summed E-state index contributed by atoms with van der Waals surface area (Å²) < 4.78 is 4.57. The monoisotopic (exact) mass is 250 g/mol. The Balaban J connectivity index is 3.61. The van der Waals surface area contributed by atoms with Gasteiger partial charge in [-0.25, -0.2) is 4.79 Å². The third-order valence-electron chi connectivity index (χ3n) is 2.45. The summed E-state index contributed by atoms with van der Waals surface area (Å²) in [5.41, 5.74) is 0.577. The second kappa shape index (κ2) is 5.31. The average Bonchev–Trinajstić information content (AvgIpc) is 2.35. The maximum atomic E-state index is 11.6. The molecule has 0 aromatic heterocycles. The van der Waals surface area contributed by atoms with Gasteiger partial charge in [0.15, 0.2) is 0 Å². The number of nitro groups is 1. The maximum absolute atomic E-state index is 11.6. The van der Waals surface area contributed by atoms with Gasteiger partial charge < -0.3 is 9.64 Å². The quantitative estimate of drug-likeness (QED) is 0.464. The molecule has 0 heterocycles. The Bertz CT molecular complexity index is 509. The van der Waals surface area contributed by atoms with E-state index in [1.54, 1.807) is 25.1 Å². The van der Waals surface area contributed by atoms with Crippen LogP contribution in [0.4, 0.5) is 11.4 Å². The first-order valence-electron chi connectivity index (χ1n) is 5.12. The number of esters is 1. The van der Waals surface area contributed by atoms with Gasteiger partial charge in [0.05, 0.1) is 17.6 Å². The molecule has 0 aliphatic heterocycles. The third-order valence-corrected chi connectivity index (χ3v) is 2.45.